The van der Waals surface area contributed by atoms with E-state index in [2.05, 4.69) is 6.08 Å². The van der Waals surface area contributed by atoms with Crippen molar-refractivity contribution in [2.24, 2.45) is 35.5 Å². The van der Waals surface area contributed by atoms with Gasteiger partial charge in [0, 0.05) is 95.9 Å². The molecule has 0 saturated carbocycles. The molecule has 15 atom stereocenters. The molecule has 0 spiro atoms. The molecule has 12 nitrogen and oxygen atoms in total. The van der Waals surface area contributed by atoms with Crippen molar-refractivity contribution < 1.29 is 53.4 Å². The number of ketones is 1. The number of carbonyl (C=O) groups is 3. The lowest BCUT2D eigenvalue weighted by Crippen LogP contribution is -2.46. The second kappa shape index (κ2) is 24.9. The molecule has 0 saturated heterocycles. The maximum atomic E-state index is 13.4. The predicted molar refractivity (Wildman–Crippen MR) is 216 cm³/mol. The number of methoxy groups -OCH3 is 3. The normalized spacial score (nSPS) is 33.5. The summed E-state index contributed by atoms with van der Waals surface area (Å²) in [5.74, 6) is -2.88. The Morgan fingerprint density at radius 2 is 1.66 bits per heavy atom. The van der Waals surface area contributed by atoms with Gasteiger partial charge in [-0.1, -0.05) is 77.5 Å². The van der Waals surface area contributed by atoms with Gasteiger partial charge in [-0.3, -0.25) is 9.59 Å². The Morgan fingerprint density at radius 1 is 1.00 bits per heavy atom. The number of allylic oxidation sites excluding steroid dienone is 2. The van der Waals surface area contributed by atoms with Gasteiger partial charge in [-0.2, -0.15) is 0 Å². The van der Waals surface area contributed by atoms with E-state index in [1.807, 2.05) is 59.8 Å². The first-order valence-electron chi connectivity index (χ1n) is 20.4. The number of Topliss-reactive ketones (excluding diaryl/α,β-unsaturated/α-hetero) is 1. The first kappa shape index (κ1) is 49.4. The number of rotatable bonds is 15. The number of fused-ring (bicyclic) bond motifs is 2. The van der Waals surface area contributed by atoms with Crippen molar-refractivity contribution in [3.8, 4) is 0 Å². The van der Waals surface area contributed by atoms with Crippen molar-refractivity contribution in [3.63, 3.8) is 0 Å². The summed E-state index contributed by atoms with van der Waals surface area (Å²) in [6, 6.07) is 0. The number of cyclic esters (lactones) is 1. The Morgan fingerprint density at radius 3 is 2.29 bits per heavy atom. The van der Waals surface area contributed by atoms with Gasteiger partial charge in [-0.25, -0.2) is 4.79 Å². The molecule has 2 heterocycles. The number of aliphatic hydroxyl groups is 3. The van der Waals surface area contributed by atoms with Gasteiger partial charge in [-0.05, 0) is 32.1 Å². The molecule has 320 valence electrons. The highest BCUT2D eigenvalue weighted by Gasteiger charge is 2.40. The van der Waals surface area contributed by atoms with Gasteiger partial charge >= 0.3 is 5.97 Å². The van der Waals surface area contributed by atoms with Crippen molar-refractivity contribution in [3.05, 3.63) is 48.2 Å². The van der Waals surface area contributed by atoms with E-state index >= 15 is 0 Å². The molecular formula is C44H73NO11. The highest BCUT2D eigenvalue weighted by Crippen LogP contribution is 2.33. The van der Waals surface area contributed by atoms with Crippen LogP contribution in [0.25, 0.3) is 0 Å². The van der Waals surface area contributed by atoms with Gasteiger partial charge in [0.05, 0.1) is 48.8 Å². The van der Waals surface area contributed by atoms with Gasteiger partial charge in [0.1, 0.15) is 11.9 Å². The van der Waals surface area contributed by atoms with Crippen LogP contribution in [-0.2, 0) is 38.1 Å². The lowest BCUT2D eigenvalue weighted by molar-refractivity contribution is -0.157. The van der Waals surface area contributed by atoms with Gasteiger partial charge < -0.3 is 43.9 Å². The van der Waals surface area contributed by atoms with Crippen LogP contribution in [0.15, 0.2) is 48.2 Å². The number of hydrogen-bond donors (Lipinski definition) is 3. The summed E-state index contributed by atoms with van der Waals surface area (Å²) in [6.45, 7) is 13.1. The summed E-state index contributed by atoms with van der Waals surface area (Å²) in [6.07, 6.45) is 11.2. The third-order valence-corrected chi connectivity index (χ3v) is 12.0. The van der Waals surface area contributed by atoms with E-state index in [1.54, 1.807) is 47.6 Å². The topological polar surface area (TPSA) is 161 Å². The molecule has 0 aromatic carbocycles. The van der Waals surface area contributed by atoms with Crippen LogP contribution in [0.3, 0.4) is 0 Å². The van der Waals surface area contributed by atoms with Crippen LogP contribution >= 0.6 is 0 Å². The van der Waals surface area contributed by atoms with E-state index in [-0.39, 0.29) is 54.7 Å². The first-order chi connectivity index (χ1) is 26.5. The van der Waals surface area contributed by atoms with Crippen LogP contribution in [0.4, 0.5) is 0 Å². The molecule has 1 amide bonds. The van der Waals surface area contributed by atoms with Crippen LogP contribution in [-0.4, -0.2) is 122 Å². The number of nitrogens with zero attached hydrogens (tertiary/aromatic N) is 1. The molecule has 2 aliphatic heterocycles. The molecule has 0 aromatic heterocycles. The van der Waals surface area contributed by atoms with Crippen LogP contribution in [0.2, 0.25) is 0 Å². The fraction of sp³-hybridized carbons (Fsp3) is 0.750. The molecule has 0 fully saturated rings. The average molecular weight is 792 g/mol. The van der Waals surface area contributed by atoms with Gasteiger partial charge in [-0.15, -0.1) is 0 Å². The van der Waals surface area contributed by atoms with E-state index in [4.69, 9.17) is 23.7 Å². The van der Waals surface area contributed by atoms with E-state index < -0.39 is 60.3 Å². The second-order valence-corrected chi connectivity index (χ2v) is 16.4. The largest absolute Gasteiger partial charge is 0.458 e. The average Bonchev–Trinajstić information content (AvgIpc) is 3.18. The number of esters is 1. The lowest BCUT2D eigenvalue weighted by Gasteiger charge is -2.38. The Labute approximate surface area is 336 Å². The van der Waals surface area contributed by atoms with E-state index in [0.717, 1.165) is 12.0 Å². The molecule has 56 heavy (non-hydrogen) atoms. The van der Waals surface area contributed by atoms with Crippen LogP contribution < -0.4 is 0 Å². The predicted octanol–water partition coefficient (Wildman–Crippen LogP) is 5.58. The van der Waals surface area contributed by atoms with Crippen molar-refractivity contribution in [1.82, 2.24) is 4.90 Å². The SMILES string of the molecule is CO[C@H]([C@H](C)/C=C/N(C)C=O)[C@@H](C)C(=O)CC[C@H](C)[C@H](O)[C@H](C)[C@@H]1OC(=O)/C=C\C(C)=C/C[C@H](O)C[C@@H]2C=CC[C@@H](C[C@H](OC)[C@H](C)[C@@H](OC)C[C@@H](O)[C@@H]1C)O2. The standard InChI is InChI=1S/C44H73NO11/c1-27-15-18-34(47)23-35-13-12-14-36(55-35)24-39(52-9)32(6)40(53-10)25-38(49)31(5)44(56-41(50)20-16-27)33(7)42(51)28(2)17-19-37(48)30(4)43(54-11)29(3)21-22-45(8)26-46/h12-13,15-16,20-22,26,28-36,38-40,42-44,47,49,51H,14,17-19,23-25H2,1-11H3/b20-16-,22-21+,27-15-/t28-,29+,30-,31-,32-,33-,34-,35-,36-,38+,39-,40-,42-,43+,44+/m0/s1. The molecular weight excluding hydrogens is 718 g/mol. The maximum Gasteiger partial charge on any atom is 0.331 e. The summed E-state index contributed by atoms with van der Waals surface area (Å²) in [4.78, 5) is 39.1. The minimum Gasteiger partial charge on any atom is -0.458 e. The summed E-state index contributed by atoms with van der Waals surface area (Å²) >= 11 is 0. The molecule has 2 rings (SSSR count). The van der Waals surface area contributed by atoms with Crippen molar-refractivity contribution in [2.45, 2.75) is 148 Å². The molecule has 2 aliphatic rings. The third kappa shape index (κ3) is 15.6. The number of hydrogen-bond acceptors (Lipinski definition) is 11. The minimum absolute atomic E-state index is 0.00759. The van der Waals surface area contributed by atoms with Crippen LogP contribution in [0.5, 0.6) is 0 Å². The number of aliphatic hydroxyl groups excluding tert-OH is 3. The number of ether oxygens (including phenoxy) is 5. The fourth-order valence-corrected chi connectivity index (χ4v) is 8.01. The summed E-state index contributed by atoms with van der Waals surface area (Å²) in [5, 5.41) is 34.2. The van der Waals surface area contributed by atoms with E-state index in [1.165, 1.54) is 11.0 Å². The highest BCUT2D eigenvalue weighted by molar-refractivity contribution is 5.82. The maximum absolute atomic E-state index is 13.4. The van der Waals surface area contributed by atoms with Crippen molar-refractivity contribution in [2.75, 3.05) is 28.4 Å². The molecule has 0 radical (unpaired) electrons. The minimum atomic E-state index is -0.967. The zero-order valence-electron chi connectivity index (χ0n) is 35.8. The number of amides is 1. The molecule has 0 aliphatic carbocycles. The first-order valence-corrected chi connectivity index (χ1v) is 20.4. The monoisotopic (exact) mass is 792 g/mol. The van der Waals surface area contributed by atoms with Gasteiger partial charge in [0.2, 0.25) is 6.41 Å². The quantitative estimate of drug-likeness (QED) is 0.108. The van der Waals surface area contributed by atoms with Crippen molar-refractivity contribution in [1.29, 1.82) is 0 Å². The van der Waals surface area contributed by atoms with Crippen LogP contribution in [0, 0.1) is 35.5 Å². The Balaban J connectivity index is 2.31. The lowest BCUT2D eigenvalue weighted by atomic mass is 9.78. The van der Waals surface area contributed by atoms with Crippen molar-refractivity contribution >= 4 is 18.2 Å². The summed E-state index contributed by atoms with van der Waals surface area (Å²) < 4.78 is 30.0. The van der Waals surface area contributed by atoms with E-state index in [9.17, 15) is 29.7 Å². The zero-order valence-corrected chi connectivity index (χ0v) is 35.8. The Bertz CT molecular complexity index is 1320. The summed E-state index contributed by atoms with van der Waals surface area (Å²) in [5.41, 5.74) is 0.771. The molecule has 0 aromatic rings. The molecule has 12 heteroatoms. The Kier molecular flexibility index (Phi) is 22.0. The summed E-state index contributed by atoms with van der Waals surface area (Å²) in [7, 11) is 6.46. The zero-order chi connectivity index (χ0) is 42.1. The van der Waals surface area contributed by atoms with Gasteiger partial charge in [0.25, 0.3) is 0 Å². The molecule has 3 N–H and O–H groups in total. The smallest absolute Gasteiger partial charge is 0.331 e. The molecule has 2 bridgehead atoms. The van der Waals surface area contributed by atoms with Crippen LogP contribution in [0.1, 0.15) is 93.4 Å². The van der Waals surface area contributed by atoms with Gasteiger partial charge in [0.15, 0.2) is 0 Å². The Hall–Kier alpha value is -2.71. The fourth-order valence-electron chi connectivity index (χ4n) is 8.01. The third-order valence-electron chi connectivity index (χ3n) is 12.0. The molecule has 0 unspecified atom stereocenters. The van der Waals surface area contributed by atoms with E-state index in [0.29, 0.717) is 32.1 Å². The number of carbonyl (C=O) groups excluding carboxylic acids is 3. The second-order valence-electron chi connectivity index (χ2n) is 16.4. The highest BCUT2D eigenvalue weighted by atomic mass is 16.5.